The summed E-state index contributed by atoms with van der Waals surface area (Å²) in [5, 5.41) is 8.37. The summed E-state index contributed by atoms with van der Waals surface area (Å²) < 4.78 is 0.900. The molecule has 2 aromatic rings. The van der Waals surface area contributed by atoms with Crippen molar-refractivity contribution in [3.05, 3.63) is 50.9 Å². The smallest absolute Gasteiger partial charge is 0.294 e. The van der Waals surface area contributed by atoms with Gasteiger partial charge in [0.15, 0.2) is 0 Å². The molecule has 0 saturated heterocycles. The molecule has 1 aromatic heterocycles. The lowest BCUT2D eigenvalue weighted by Crippen LogP contribution is -2.33. The van der Waals surface area contributed by atoms with Gasteiger partial charge in [0, 0.05) is 18.6 Å². The van der Waals surface area contributed by atoms with Crippen LogP contribution in [0.2, 0.25) is 5.02 Å². The summed E-state index contributed by atoms with van der Waals surface area (Å²) in [6.07, 6.45) is 0. The number of nitrogens with two attached hydrogens (primary N) is 1. The van der Waals surface area contributed by atoms with Gasteiger partial charge in [-0.1, -0.05) is 35.5 Å². The number of amides is 1. The second kappa shape index (κ2) is 7.47. The fraction of sp³-hybridized carbons (Fsp3) is 0.286. The van der Waals surface area contributed by atoms with Crippen LogP contribution in [0.1, 0.15) is 11.3 Å². The van der Waals surface area contributed by atoms with Crippen molar-refractivity contribution in [1.29, 1.82) is 0 Å². The van der Waals surface area contributed by atoms with Crippen molar-refractivity contribution in [3.8, 4) is 0 Å². The highest BCUT2D eigenvalue weighted by Crippen LogP contribution is 2.15. The van der Waals surface area contributed by atoms with Crippen molar-refractivity contribution in [2.24, 2.45) is 0 Å². The van der Waals surface area contributed by atoms with E-state index in [9.17, 15) is 9.59 Å². The lowest BCUT2D eigenvalue weighted by Gasteiger charge is -2.17. The number of halogens is 1. The molecule has 0 aliphatic heterocycles. The molecular weight excluding hydrogens is 338 g/mol. The zero-order valence-corrected chi connectivity index (χ0v) is 14.3. The predicted molar refractivity (Wildman–Crippen MR) is 89.8 cm³/mol. The Balaban J connectivity index is 1.97. The van der Waals surface area contributed by atoms with Crippen LogP contribution in [-0.4, -0.2) is 38.5 Å². The molecule has 2 rings (SSSR count). The molecule has 2 N–H and O–H groups in total. The van der Waals surface area contributed by atoms with Gasteiger partial charge in [-0.05, 0) is 24.6 Å². The maximum atomic E-state index is 12.2. The summed E-state index contributed by atoms with van der Waals surface area (Å²) in [6, 6.07) is 7.31. The first-order chi connectivity index (χ1) is 10.9. The van der Waals surface area contributed by atoms with Crippen molar-refractivity contribution >= 4 is 29.3 Å². The average molecular weight is 354 g/mol. The molecule has 0 unspecified atom stereocenters. The molecule has 1 heterocycles. The third-order valence-corrected chi connectivity index (χ3v) is 4.24. The van der Waals surface area contributed by atoms with Gasteiger partial charge in [-0.25, -0.2) is 0 Å². The van der Waals surface area contributed by atoms with Crippen LogP contribution in [-0.2, 0) is 11.3 Å². The van der Waals surface area contributed by atoms with Crippen molar-refractivity contribution in [3.63, 3.8) is 0 Å². The highest BCUT2D eigenvalue weighted by Gasteiger charge is 2.13. The van der Waals surface area contributed by atoms with Crippen LogP contribution >= 0.6 is 23.4 Å². The Morgan fingerprint density at radius 1 is 1.43 bits per heavy atom. The molecule has 0 radical (unpaired) electrons. The zero-order chi connectivity index (χ0) is 17.0. The Labute approximate surface area is 142 Å². The number of aromatic nitrogens is 3. The first-order valence-electron chi connectivity index (χ1n) is 6.71. The van der Waals surface area contributed by atoms with Gasteiger partial charge in [-0.3, -0.25) is 9.59 Å². The second-order valence-corrected chi connectivity index (χ2v) is 6.29. The van der Waals surface area contributed by atoms with Gasteiger partial charge in [0.05, 0.1) is 5.75 Å². The van der Waals surface area contributed by atoms with E-state index < -0.39 is 5.56 Å². The average Bonchev–Trinajstić information content (AvgIpc) is 2.51. The third-order valence-electron chi connectivity index (χ3n) is 3.08. The molecule has 122 valence electrons. The molecular formula is C14H16ClN5O2S. The number of nitrogen functional groups attached to an aromatic ring is 1. The normalized spacial score (nSPS) is 10.6. The van der Waals surface area contributed by atoms with Gasteiger partial charge in [-0.15, -0.1) is 10.2 Å². The minimum atomic E-state index is -0.428. The van der Waals surface area contributed by atoms with Gasteiger partial charge in [-0.2, -0.15) is 4.68 Å². The van der Waals surface area contributed by atoms with E-state index in [1.807, 2.05) is 18.2 Å². The molecule has 0 aliphatic rings. The Morgan fingerprint density at radius 2 is 2.17 bits per heavy atom. The molecule has 0 atom stereocenters. The largest absolute Gasteiger partial charge is 0.341 e. The van der Waals surface area contributed by atoms with E-state index in [0.29, 0.717) is 11.6 Å². The number of benzene rings is 1. The Bertz CT molecular complexity index is 780. The zero-order valence-electron chi connectivity index (χ0n) is 12.7. The summed E-state index contributed by atoms with van der Waals surface area (Å²) in [6.45, 7) is 1.96. The topological polar surface area (TPSA) is 94.1 Å². The first kappa shape index (κ1) is 17.3. The van der Waals surface area contributed by atoms with Gasteiger partial charge in [0.2, 0.25) is 11.1 Å². The summed E-state index contributed by atoms with van der Waals surface area (Å²) >= 11 is 6.99. The van der Waals surface area contributed by atoms with Crippen LogP contribution in [0.5, 0.6) is 0 Å². The number of carbonyl (C=O) groups excluding carboxylic acids is 1. The van der Waals surface area contributed by atoms with E-state index in [1.165, 1.54) is 6.92 Å². The lowest BCUT2D eigenvalue weighted by molar-refractivity contribution is -0.127. The van der Waals surface area contributed by atoms with Gasteiger partial charge >= 0.3 is 0 Å². The molecule has 0 aliphatic carbocycles. The summed E-state index contributed by atoms with van der Waals surface area (Å²) in [5.74, 6) is 5.61. The van der Waals surface area contributed by atoms with E-state index in [1.54, 1.807) is 18.0 Å². The molecule has 1 aromatic carbocycles. The Hall–Kier alpha value is -2.06. The van der Waals surface area contributed by atoms with E-state index in [0.717, 1.165) is 22.0 Å². The van der Waals surface area contributed by atoms with Crippen molar-refractivity contribution in [2.75, 3.05) is 18.6 Å². The quantitative estimate of drug-likeness (QED) is 0.638. The van der Waals surface area contributed by atoms with Gasteiger partial charge in [0.25, 0.3) is 5.56 Å². The van der Waals surface area contributed by atoms with Crippen molar-refractivity contribution in [2.45, 2.75) is 18.6 Å². The number of hydrogen-bond acceptors (Lipinski definition) is 6. The second-order valence-electron chi connectivity index (χ2n) is 4.91. The summed E-state index contributed by atoms with van der Waals surface area (Å²) in [5.41, 5.74) is 0.715. The number of thioether (sulfide) groups is 1. The molecule has 0 bridgehead atoms. The number of carbonyl (C=O) groups is 1. The fourth-order valence-electron chi connectivity index (χ4n) is 1.80. The first-order valence-corrected chi connectivity index (χ1v) is 8.07. The molecule has 0 spiro atoms. The Kier molecular flexibility index (Phi) is 5.62. The highest BCUT2D eigenvalue weighted by atomic mass is 35.5. The van der Waals surface area contributed by atoms with Crippen LogP contribution in [0.3, 0.4) is 0 Å². The van der Waals surface area contributed by atoms with Gasteiger partial charge in [0.1, 0.15) is 5.69 Å². The van der Waals surface area contributed by atoms with E-state index in [4.69, 9.17) is 17.4 Å². The molecule has 1 amide bonds. The molecule has 9 heteroatoms. The number of nitrogens with zero attached hydrogens (tertiary/aromatic N) is 4. The molecule has 0 saturated carbocycles. The van der Waals surface area contributed by atoms with E-state index in [-0.39, 0.29) is 22.5 Å². The number of hydrogen-bond donors (Lipinski definition) is 1. The van der Waals surface area contributed by atoms with E-state index in [2.05, 4.69) is 10.2 Å². The van der Waals surface area contributed by atoms with Crippen LogP contribution < -0.4 is 11.4 Å². The fourth-order valence-corrected chi connectivity index (χ4v) is 2.81. The summed E-state index contributed by atoms with van der Waals surface area (Å²) in [7, 11) is 1.69. The standard InChI is InChI=1S/C14H16ClN5O2S/c1-9-13(22)20(16)14(18-17-9)23-8-12(21)19(2)7-10-4-3-5-11(15)6-10/h3-6H,7-8,16H2,1-2H3. The van der Waals surface area contributed by atoms with Crippen molar-refractivity contribution < 1.29 is 4.79 Å². The monoisotopic (exact) mass is 353 g/mol. The SMILES string of the molecule is Cc1nnc(SCC(=O)N(C)Cc2cccc(Cl)c2)n(N)c1=O. The molecule has 23 heavy (non-hydrogen) atoms. The van der Waals surface area contributed by atoms with Crippen LogP contribution in [0, 0.1) is 6.92 Å². The number of aryl methyl sites for hydroxylation is 1. The number of rotatable bonds is 5. The molecule has 0 fully saturated rings. The van der Waals surface area contributed by atoms with Crippen LogP contribution in [0.15, 0.2) is 34.2 Å². The van der Waals surface area contributed by atoms with Crippen molar-refractivity contribution in [1.82, 2.24) is 19.8 Å². The molecule has 7 nitrogen and oxygen atoms in total. The third kappa shape index (κ3) is 4.46. The predicted octanol–water partition coefficient (Wildman–Crippen LogP) is 1.06. The lowest BCUT2D eigenvalue weighted by atomic mass is 10.2. The van der Waals surface area contributed by atoms with E-state index >= 15 is 0 Å². The maximum absolute atomic E-state index is 12.2. The summed E-state index contributed by atoms with van der Waals surface area (Å²) in [4.78, 5) is 25.4. The minimum absolute atomic E-state index is 0.103. The Morgan fingerprint density at radius 3 is 2.87 bits per heavy atom. The van der Waals surface area contributed by atoms with Crippen LogP contribution in [0.25, 0.3) is 0 Å². The maximum Gasteiger partial charge on any atom is 0.294 e. The minimum Gasteiger partial charge on any atom is -0.341 e. The highest BCUT2D eigenvalue weighted by molar-refractivity contribution is 7.99. The van der Waals surface area contributed by atoms with Gasteiger partial charge < -0.3 is 10.7 Å². The van der Waals surface area contributed by atoms with Crippen LogP contribution in [0.4, 0.5) is 0 Å².